The molecular weight excluding hydrogens is 222 g/mol. The van der Waals surface area contributed by atoms with Crippen LogP contribution in [0, 0.1) is 5.92 Å². The highest BCUT2D eigenvalue weighted by atomic mass is 16.3. The molecule has 1 aliphatic heterocycles. The Labute approximate surface area is 111 Å². The first-order valence-electron chi connectivity index (χ1n) is 7.01. The average Bonchev–Trinajstić information content (AvgIpc) is 2.31. The van der Waals surface area contributed by atoms with Crippen LogP contribution >= 0.6 is 0 Å². The zero-order valence-electron chi connectivity index (χ0n) is 11.6. The van der Waals surface area contributed by atoms with Crippen molar-refractivity contribution < 1.29 is 5.11 Å². The fraction of sp³-hybridized carbons (Fsp3) is 0.625. The van der Waals surface area contributed by atoms with E-state index in [-0.39, 0.29) is 0 Å². The summed E-state index contributed by atoms with van der Waals surface area (Å²) in [7, 11) is 0. The molecule has 0 atom stereocenters. The number of rotatable bonds is 4. The Kier molecular flexibility index (Phi) is 4.41. The lowest BCUT2D eigenvalue weighted by Gasteiger charge is -2.35. The summed E-state index contributed by atoms with van der Waals surface area (Å²) in [6.45, 7) is 6.83. The molecule has 2 rings (SSSR count). The first-order chi connectivity index (χ1) is 8.53. The van der Waals surface area contributed by atoms with Crippen molar-refractivity contribution in [3.05, 3.63) is 35.9 Å². The Morgan fingerprint density at radius 3 is 2.33 bits per heavy atom. The van der Waals surface area contributed by atoms with E-state index in [1.54, 1.807) is 0 Å². The smallest absolute Gasteiger partial charge is 0.0718 e. The van der Waals surface area contributed by atoms with E-state index >= 15 is 0 Å². The molecule has 1 aromatic rings. The van der Waals surface area contributed by atoms with Gasteiger partial charge in [0.2, 0.25) is 0 Å². The molecule has 1 aromatic carbocycles. The highest BCUT2D eigenvalue weighted by molar-refractivity contribution is 5.15. The molecule has 1 aliphatic rings. The van der Waals surface area contributed by atoms with Gasteiger partial charge in [-0.3, -0.25) is 0 Å². The van der Waals surface area contributed by atoms with Gasteiger partial charge in [-0.1, -0.05) is 30.3 Å². The maximum absolute atomic E-state index is 9.83. The van der Waals surface area contributed by atoms with Crippen molar-refractivity contribution in [3.63, 3.8) is 0 Å². The number of β-amino-alcohol motifs (C(OH)–C–C–N with tert-alkyl or cyclic N) is 1. The van der Waals surface area contributed by atoms with Gasteiger partial charge < -0.3 is 10.0 Å². The van der Waals surface area contributed by atoms with Crippen LogP contribution in [0.3, 0.4) is 0 Å². The number of aliphatic hydroxyl groups is 1. The number of piperidine rings is 1. The van der Waals surface area contributed by atoms with E-state index in [2.05, 4.69) is 35.2 Å². The van der Waals surface area contributed by atoms with Crippen LogP contribution in [0.4, 0.5) is 0 Å². The van der Waals surface area contributed by atoms with Crippen molar-refractivity contribution in [2.24, 2.45) is 5.92 Å². The molecule has 1 heterocycles. The minimum Gasteiger partial charge on any atom is -0.389 e. The van der Waals surface area contributed by atoms with E-state index in [0.717, 1.165) is 25.6 Å². The fourth-order valence-electron chi connectivity index (χ4n) is 2.84. The molecule has 0 unspecified atom stereocenters. The third kappa shape index (κ3) is 4.43. The number of nitrogens with zero attached hydrogens (tertiary/aromatic N) is 1. The Morgan fingerprint density at radius 1 is 1.17 bits per heavy atom. The van der Waals surface area contributed by atoms with Crippen molar-refractivity contribution in [1.82, 2.24) is 4.90 Å². The van der Waals surface area contributed by atoms with Crippen molar-refractivity contribution in [2.45, 2.75) is 38.7 Å². The van der Waals surface area contributed by atoms with E-state index < -0.39 is 5.60 Å². The van der Waals surface area contributed by atoms with Crippen LogP contribution in [0.1, 0.15) is 32.3 Å². The molecule has 0 aromatic heterocycles. The summed E-state index contributed by atoms with van der Waals surface area (Å²) in [5.74, 6) is 0.811. The van der Waals surface area contributed by atoms with Crippen LogP contribution < -0.4 is 0 Å². The van der Waals surface area contributed by atoms with Crippen LogP contribution in [0.5, 0.6) is 0 Å². The van der Waals surface area contributed by atoms with E-state index in [1.165, 1.54) is 24.8 Å². The van der Waals surface area contributed by atoms with E-state index in [9.17, 15) is 5.11 Å². The molecule has 0 amide bonds. The molecule has 0 aliphatic carbocycles. The molecular formula is C16H25NO. The van der Waals surface area contributed by atoms with Gasteiger partial charge in [0.1, 0.15) is 0 Å². The molecule has 1 fully saturated rings. The third-order valence-electron chi connectivity index (χ3n) is 3.68. The predicted molar refractivity (Wildman–Crippen MR) is 75.6 cm³/mol. The van der Waals surface area contributed by atoms with Gasteiger partial charge in [0.15, 0.2) is 0 Å². The summed E-state index contributed by atoms with van der Waals surface area (Å²) < 4.78 is 0. The Balaban J connectivity index is 1.77. The predicted octanol–water partition coefficient (Wildman–Crippen LogP) is 2.71. The monoisotopic (exact) mass is 247 g/mol. The Hall–Kier alpha value is -0.860. The Bertz CT molecular complexity index is 347. The summed E-state index contributed by atoms with van der Waals surface area (Å²) in [4.78, 5) is 2.39. The zero-order chi connectivity index (χ0) is 13.0. The van der Waals surface area contributed by atoms with Crippen molar-refractivity contribution in [1.29, 1.82) is 0 Å². The number of hydrogen-bond donors (Lipinski definition) is 1. The molecule has 2 nitrogen and oxygen atoms in total. The molecule has 0 radical (unpaired) electrons. The summed E-state index contributed by atoms with van der Waals surface area (Å²) in [5.41, 5.74) is 0.894. The second kappa shape index (κ2) is 5.85. The highest BCUT2D eigenvalue weighted by Crippen LogP contribution is 2.22. The van der Waals surface area contributed by atoms with Crippen molar-refractivity contribution in [3.8, 4) is 0 Å². The fourth-order valence-corrected chi connectivity index (χ4v) is 2.84. The number of hydrogen-bond acceptors (Lipinski definition) is 2. The van der Waals surface area contributed by atoms with Gasteiger partial charge in [0.25, 0.3) is 0 Å². The van der Waals surface area contributed by atoms with Crippen LogP contribution in [0.15, 0.2) is 30.3 Å². The van der Waals surface area contributed by atoms with Gasteiger partial charge in [-0.15, -0.1) is 0 Å². The van der Waals surface area contributed by atoms with E-state index in [1.807, 2.05) is 13.8 Å². The quantitative estimate of drug-likeness (QED) is 0.884. The molecule has 0 saturated carbocycles. The van der Waals surface area contributed by atoms with Gasteiger partial charge >= 0.3 is 0 Å². The van der Waals surface area contributed by atoms with Crippen LogP contribution in [-0.2, 0) is 6.42 Å². The topological polar surface area (TPSA) is 23.5 Å². The molecule has 100 valence electrons. The summed E-state index contributed by atoms with van der Waals surface area (Å²) in [6.07, 6.45) is 3.72. The lowest BCUT2D eigenvalue weighted by atomic mass is 9.90. The molecule has 1 N–H and O–H groups in total. The highest BCUT2D eigenvalue weighted by Gasteiger charge is 2.23. The molecule has 18 heavy (non-hydrogen) atoms. The molecule has 2 heteroatoms. The minimum absolute atomic E-state index is 0.563. The summed E-state index contributed by atoms with van der Waals surface area (Å²) in [6, 6.07) is 10.8. The summed E-state index contributed by atoms with van der Waals surface area (Å²) in [5, 5.41) is 9.83. The van der Waals surface area contributed by atoms with Crippen molar-refractivity contribution >= 4 is 0 Å². The van der Waals surface area contributed by atoms with Gasteiger partial charge in [-0.25, -0.2) is 0 Å². The van der Waals surface area contributed by atoms with Crippen LogP contribution in [-0.4, -0.2) is 35.2 Å². The molecule has 0 bridgehead atoms. The zero-order valence-corrected chi connectivity index (χ0v) is 11.6. The maximum atomic E-state index is 9.83. The number of likely N-dealkylation sites (tertiary alicyclic amines) is 1. The Morgan fingerprint density at radius 2 is 1.78 bits per heavy atom. The number of benzene rings is 1. The average molecular weight is 247 g/mol. The first-order valence-corrected chi connectivity index (χ1v) is 7.01. The van der Waals surface area contributed by atoms with E-state index in [4.69, 9.17) is 0 Å². The lowest BCUT2D eigenvalue weighted by molar-refractivity contribution is 0.0245. The second-order valence-corrected chi connectivity index (χ2v) is 6.22. The molecule has 1 saturated heterocycles. The lowest BCUT2D eigenvalue weighted by Crippen LogP contribution is -2.43. The standard InChI is InChI=1S/C16H25NO/c1-16(2,18)13-17-10-8-15(9-11-17)12-14-6-4-3-5-7-14/h3-7,15,18H,8-13H2,1-2H3. The van der Waals surface area contributed by atoms with E-state index in [0.29, 0.717) is 0 Å². The second-order valence-electron chi connectivity index (χ2n) is 6.22. The first kappa shape index (κ1) is 13.6. The van der Waals surface area contributed by atoms with Crippen LogP contribution in [0.25, 0.3) is 0 Å². The third-order valence-corrected chi connectivity index (χ3v) is 3.68. The largest absolute Gasteiger partial charge is 0.389 e. The van der Waals surface area contributed by atoms with Gasteiger partial charge in [0.05, 0.1) is 5.60 Å². The minimum atomic E-state index is -0.563. The van der Waals surface area contributed by atoms with Crippen LogP contribution in [0.2, 0.25) is 0 Å². The SMILES string of the molecule is CC(C)(O)CN1CCC(Cc2ccccc2)CC1. The van der Waals surface area contributed by atoms with Gasteiger partial charge in [0, 0.05) is 6.54 Å². The van der Waals surface area contributed by atoms with Crippen molar-refractivity contribution in [2.75, 3.05) is 19.6 Å². The molecule has 0 spiro atoms. The maximum Gasteiger partial charge on any atom is 0.0718 e. The normalized spacial score (nSPS) is 19.1. The van der Waals surface area contributed by atoms with Gasteiger partial charge in [-0.2, -0.15) is 0 Å². The summed E-state index contributed by atoms with van der Waals surface area (Å²) >= 11 is 0. The van der Waals surface area contributed by atoms with Gasteiger partial charge in [-0.05, 0) is 57.7 Å².